The van der Waals surface area contributed by atoms with Crippen LogP contribution >= 0.6 is 11.6 Å². The molecule has 30 heavy (non-hydrogen) atoms. The molecule has 2 bridgehead atoms. The highest BCUT2D eigenvalue weighted by atomic mass is 35.5. The molecule has 5 rings (SSSR count). The number of nitrogens with zero attached hydrogens (tertiary/aromatic N) is 5. The molecule has 1 N–H and O–H groups in total. The van der Waals surface area contributed by atoms with Gasteiger partial charge in [-0.15, -0.1) is 15.3 Å². The summed E-state index contributed by atoms with van der Waals surface area (Å²) in [6.45, 7) is 3.92. The second kappa shape index (κ2) is 6.80. The molecule has 0 radical (unpaired) electrons. The van der Waals surface area contributed by atoms with Crippen molar-refractivity contribution in [3.8, 4) is 5.69 Å². The molecule has 2 aromatic heterocycles. The Balaban J connectivity index is 1.43. The van der Waals surface area contributed by atoms with Crippen LogP contribution in [0.3, 0.4) is 0 Å². The Morgan fingerprint density at radius 2 is 2.17 bits per heavy atom. The molecule has 0 spiro atoms. The van der Waals surface area contributed by atoms with Gasteiger partial charge in [-0.25, -0.2) is 9.48 Å². The second-order valence-electron chi connectivity index (χ2n) is 8.11. The Bertz CT molecular complexity index is 1130. The molecular formula is C20H20ClFN6O2. The van der Waals surface area contributed by atoms with Crippen LogP contribution in [0.25, 0.3) is 5.69 Å². The Hall–Kier alpha value is -2.94. The fourth-order valence-electron chi connectivity index (χ4n) is 4.82. The van der Waals surface area contributed by atoms with Crippen molar-refractivity contribution in [3.05, 3.63) is 53.2 Å². The molecule has 156 valence electrons. The number of anilines is 1. The van der Waals surface area contributed by atoms with Crippen LogP contribution in [0.15, 0.2) is 34.9 Å². The number of carbonyl (C=O) groups excluding carboxylic acids is 1. The summed E-state index contributed by atoms with van der Waals surface area (Å²) in [6, 6.07) is 6.11. The minimum absolute atomic E-state index is 0.118. The Morgan fingerprint density at radius 3 is 2.87 bits per heavy atom. The molecule has 1 saturated carbocycles. The smallest absolute Gasteiger partial charge is 0.323 e. The quantitative estimate of drug-likeness (QED) is 0.669. The third kappa shape index (κ3) is 2.96. The summed E-state index contributed by atoms with van der Waals surface area (Å²) < 4.78 is 20.4. The molecule has 1 saturated heterocycles. The number of likely N-dealkylation sites (tertiary alicyclic amines) is 1. The van der Waals surface area contributed by atoms with Crippen LogP contribution in [0, 0.1) is 18.8 Å². The lowest BCUT2D eigenvalue weighted by Crippen LogP contribution is -2.70. The minimum Gasteiger partial charge on any atom is -0.423 e. The van der Waals surface area contributed by atoms with Gasteiger partial charge in [0, 0.05) is 37.3 Å². The maximum atomic E-state index is 13.3. The van der Waals surface area contributed by atoms with Gasteiger partial charge in [0.15, 0.2) is 0 Å². The van der Waals surface area contributed by atoms with E-state index in [1.54, 1.807) is 25.1 Å². The van der Waals surface area contributed by atoms with Gasteiger partial charge in [-0.05, 0) is 37.0 Å². The average molecular weight is 431 g/mol. The number of rotatable bonds is 3. The van der Waals surface area contributed by atoms with Crippen LogP contribution in [-0.4, -0.2) is 37.0 Å². The van der Waals surface area contributed by atoms with E-state index in [0.29, 0.717) is 34.1 Å². The lowest BCUT2D eigenvalue weighted by molar-refractivity contribution is -0.110. The molecule has 3 aromatic rings. The first-order valence-electron chi connectivity index (χ1n) is 9.78. The third-order valence-corrected chi connectivity index (χ3v) is 6.22. The summed E-state index contributed by atoms with van der Waals surface area (Å²) in [7, 11) is 0. The van der Waals surface area contributed by atoms with E-state index in [2.05, 4.69) is 27.5 Å². The van der Waals surface area contributed by atoms with E-state index < -0.39 is 11.5 Å². The molecule has 2 aliphatic rings. The first-order chi connectivity index (χ1) is 14.4. The fraction of sp³-hybridized carbons (Fsp3) is 0.400. The zero-order valence-corrected chi connectivity index (χ0v) is 17.2. The Morgan fingerprint density at radius 1 is 1.33 bits per heavy atom. The van der Waals surface area contributed by atoms with E-state index >= 15 is 0 Å². The summed E-state index contributed by atoms with van der Waals surface area (Å²) in [5.74, 6) is 0.814. The summed E-state index contributed by atoms with van der Waals surface area (Å²) >= 11 is 6.24. The molecule has 8 nitrogen and oxygen atoms in total. The first-order valence-corrected chi connectivity index (χ1v) is 10.2. The maximum Gasteiger partial charge on any atom is 0.323 e. The standard InChI is InChI=1S/C20H20ClFN6O2/c1-11-7-14-10-20(9-11,18-25-24-12(2)30-18)28(14)19(29)23-13-3-4-15(21)16(8-13)27-6-5-17(22)26-27/h3-6,8,11,14H,7,9-10H2,1-2H3,(H,23,29). The zero-order chi connectivity index (χ0) is 21.0. The molecule has 1 aliphatic heterocycles. The number of fused-ring (bicyclic) bond motifs is 2. The number of halogens is 2. The molecule has 2 amide bonds. The summed E-state index contributed by atoms with van der Waals surface area (Å²) in [6.07, 6.45) is 3.98. The predicted molar refractivity (Wildman–Crippen MR) is 107 cm³/mol. The number of amides is 2. The van der Waals surface area contributed by atoms with Gasteiger partial charge in [0.2, 0.25) is 17.7 Å². The van der Waals surface area contributed by atoms with Crippen molar-refractivity contribution in [2.45, 2.75) is 44.7 Å². The number of hydrogen-bond donors (Lipinski definition) is 1. The van der Waals surface area contributed by atoms with Gasteiger partial charge in [0.25, 0.3) is 0 Å². The SMILES string of the molecule is Cc1nnc(C23CC(C)CC(C2)N3C(=O)Nc2ccc(Cl)c(-n3ccc(F)n3)c2)o1. The monoisotopic (exact) mass is 430 g/mol. The summed E-state index contributed by atoms with van der Waals surface area (Å²) in [4.78, 5) is 15.1. The van der Waals surface area contributed by atoms with Crippen molar-refractivity contribution in [3.63, 3.8) is 0 Å². The van der Waals surface area contributed by atoms with Crippen molar-refractivity contribution in [2.75, 3.05) is 5.32 Å². The fourth-order valence-corrected chi connectivity index (χ4v) is 5.02. The van der Waals surface area contributed by atoms with Crippen LogP contribution in [-0.2, 0) is 5.54 Å². The van der Waals surface area contributed by atoms with Crippen LogP contribution in [0.2, 0.25) is 5.02 Å². The van der Waals surface area contributed by atoms with Gasteiger partial charge >= 0.3 is 6.03 Å². The predicted octanol–water partition coefficient (Wildman–Crippen LogP) is 4.29. The van der Waals surface area contributed by atoms with Gasteiger partial charge in [0.05, 0.1) is 10.7 Å². The molecule has 1 aromatic carbocycles. The number of aromatic nitrogens is 4. The molecule has 2 fully saturated rings. The number of piperidine rings is 1. The summed E-state index contributed by atoms with van der Waals surface area (Å²) in [5, 5.41) is 15.3. The molecule has 10 heteroatoms. The van der Waals surface area contributed by atoms with Crippen molar-refractivity contribution in [2.24, 2.45) is 5.92 Å². The van der Waals surface area contributed by atoms with E-state index in [1.807, 2.05) is 4.90 Å². The highest BCUT2D eigenvalue weighted by molar-refractivity contribution is 6.32. The molecule has 3 heterocycles. The van der Waals surface area contributed by atoms with Crippen molar-refractivity contribution >= 4 is 23.3 Å². The number of hydrogen-bond acceptors (Lipinski definition) is 5. The van der Waals surface area contributed by atoms with Crippen LogP contribution in [0.5, 0.6) is 0 Å². The first kappa shape index (κ1) is 19.0. The average Bonchev–Trinajstić information content (AvgIpc) is 3.31. The normalized spacial score (nSPS) is 25.1. The number of carbonyl (C=O) groups is 1. The number of urea groups is 1. The Labute approximate surface area is 177 Å². The minimum atomic E-state index is -0.611. The second-order valence-corrected chi connectivity index (χ2v) is 8.52. The largest absolute Gasteiger partial charge is 0.423 e. The lowest BCUT2D eigenvalue weighted by atomic mass is 9.64. The lowest BCUT2D eigenvalue weighted by Gasteiger charge is -2.61. The Kier molecular flexibility index (Phi) is 4.32. The van der Waals surface area contributed by atoms with E-state index in [4.69, 9.17) is 16.0 Å². The van der Waals surface area contributed by atoms with Gasteiger partial charge in [-0.1, -0.05) is 18.5 Å². The highest BCUT2D eigenvalue weighted by Gasteiger charge is 2.62. The van der Waals surface area contributed by atoms with Crippen LogP contribution in [0.1, 0.15) is 38.0 Å². The van der Waals surface area contributed by atoms with E-state index in [1.165, 1.54) is 16.9 Å². The van der Waals surface area contributed by atoms with Crippen molar-refractivity contribution < 1.29 is 13.6 Å². The van der Waals surface area contributed by atoms with Crippen LogP contribution < -0.4 is 5.32 Å². The van der Waals surface area contributed by atoms with Gasteiger partial charge in [0.1, 0.15) is 5.54 Å². The van der Waals surface area contributed by atoms with Crippen molar-refractivity contribution in [1.82, 2.24) is 24.9 Å². The van der Waals surface area contributed by atoms with Gasteiger partial charge < -0.3 is 14.6 Å². The molecule has 1 aliphatic carbocycles. The molecule has 3 unspecified atom stereocenters. The van der Waals surface area contributed by atoms with E-state index in [-0.39, 0.29) is 12.1 Å². The van der Waals surface area contributed by atoms with Crippen molar-refractivity contribution in [1.29, 1.82) is 0 Å². The van der Waals surface area contributed by atoms with E-state index in [0.717, 1.165) is 19.3 Å². The third-order valence-electron chi connectivity index (χ3n) is 5.90. The highest BCUT2D eigenvalue weighted by Crippen LogP contribution is 2.55. The number of nitrogens with one attached hydrogen (secondary N) is 1. The van der Waals surface area contributed by atoms with E-state index in [9.17, 15) is 9.18 Å². The summed E-state index contributed by atoms with van der Waals surface area (Å²) in [5.41, 5.74) is 0.428. The number of aryl methyl sites for hydroxylation is 1. The molecular weight excluding hydrogens is 411 g/mol. The topological polar surface area (TPSA) is 89.1 Å². The van der Waals surface area contributed by atoms with Gasteiger partial charge in [-0.2, -0.15) is 4.39 Å². The van der Waals surface area contributed by atoms with Crippen LogP contribution in [0.4, 0.5) is 14.9 Å². The maximum absolute atomic E-state index is 13.3. The van der Waals surface area contributed by atoms with Gasteiger partial charge in [-0.3, -0.25) is 0 Å². The molecule has 3 atom stereocenters. The zero-order valence-electron chi connectivity index (χ0n) is 16.5. The number of benzene rings is 1.